The summed E-state index contributed by atoms with van der Waals surface area (Å²) in [6.45, 7) is 3.46. The van der Waals surface area contributed by atoms with E-state index in [0.717, 1.165) is 18.7 Å². The van der Waals surface area contributed by atoms with E-state index in [0.29, 0.717) is 0 Å². The third kappa shape index (κ3) is 2.39. The third-order valence-corrected chi connectivity index (χ3v) is 3.25. The SMILES string of the molecule is Cc1ccc(F)c(NC(=O)c2cn(C3CNC3)nn2)c1. The maximum atomic E-state index is 13.6. The monoisotopic (exact) mass is 275 g/mol. The van der Waals surface area contributed by atoms with E-state index in [1.165, 1.54) is 6.07 Å². The average molecular weight is 275 g/mol. The zero-order valence-corrected chi connectivity index (χ0v) is 10.9. The molecule has 1 saturated heterocycles. The van der Waals surface area contributed by atoms with E-state index in [9.17, 15) is 9.18 Å². The Morgan fingerprint density at radius 1 is 1.50 bits per heavy atom. The number of aromatic nitrogens is 3. The van der Waals surface area contributed by atoms with Crippen LogP contribution in [0.3, 0.4) is 0 Å². The molecule has 3 rings (SSSR count). The van der Waals surface area contributed by atoms with Gasteiger partial charge in [-0.05, 0) is 24.6 Å². The van der Waals surface area contributed by atoms with Crippen LogP contribution in [0.2, 0.25) is 0 Å². The Kier molecular flexibility index (Phi) is 3.19. The number of hydrogen-bond acceptors (Lipinski definition) is 4. The average Bonchev–Trinajstić information content (AvgIpc) is 2.81. The van der Waals surface area contributed by atoms with Gasteiger partial charge in [0.25, 0.3) is 5.91 Å². The Hall–Kier alpha value is -2.28. The second kappa shape index (κ2) is 5.01. The molecule has 0 aliphatic carbocycles. The molecule has 1 aromatic heterocycles. The number of nitrogens with one attached hydrogen (secondary N) is 2. The first kappa shape index (κ1) is 12.7. The van der Waals surface area contributed by atoms with Crippen LogP contribution in [-0.2, 0) is 0 Å². The van der Waals surface area contributed by atoms with Gasteiger partial charge in [-0.15, -0.1) is 5.10 Å². The van der Waals surface area contributed by atoms with Crippen molar-refractivity contribution < 1.29 is 9.18 Å². The van der Waals surface area contributed by atoms with Crippen LogP contribution in [0.15, 0.2) is 24.4 Å². The van der Waals surface area contributed by atoms with Gasteiger partial charge in [-0.25, -0.2) is 9.07 Å². The molecule has 7 heteroatoms. The van der Waals surface area contributed by atoms with Crippen molar-refractivity contribution in [3.8, 4) is 0 Å². The van der Waals surface area contributed by atoms with Crippen LogP contribution in [0.25, 0.3) is 0 Å². The number of aryl methyl sites for hydroxylation is 1. The minimum absolute atomic E-state index is 0.148. The van der Waals surface area contributed by atoms with Crippen molar-refractivity contribution in [2.45, 2.75) is 13.0 Å². The molecule has 0 radical (unpaired) electrons. The summed E-state index contributed by atoms with van der Waals surface area (Å²) in [5.74, 6) is -0.937. The summed E-state index contributed by atoms with van der Waals surface area (Å²) in [5, 5.41) is 13.4. The van der Waals surface area contributed by atoms with Gasteiger partial charge in [-0.3, -0.25) is 4.79 Å². The number of nitrogens with zero attached hydrogens (tertiary/aromatic N) is 3. The van der Waals surface area contributed by atoms with Crippen molar-refractivity contribution in [1.29, 1.82) is 0 Å². The zero-order chi connectivity index (χ0) is 14.1. The molecule has 2 heterocycles. The first-order valence-corrected chi connectivity index (χ1v) is 6.33. The van der Waals surface area contributed by atoms with Gasteiger partial charge in [0.05, 0.1) is 17.9 Å². The molecule has 1 aromatic carbocycles. The summed E-state index contributed by atoms with van der Waals surface area (Å²) >= 11 is 0. The maximum Gasteiger partial charge on any atom is 0.277 e. The Morgan fingerprint density at radius 3 is 3.00 bits per heavy atom. The second-order valence-electron chi connectivity index (χ2n) is 4.83. The van der Waals surface area contributed by atoms with Crippen molar-refractivity contribution in [2.24, 2.45) is 0 Å². The van der Waals surface area contributed by atoms with Crippen LogP contribution in [0.5, 0.6) is 0 Å². The van der Waals surface area contributed by atoms with Gasteiger partial charge in [0.1, 0.15) is 5.82 Å². The molecule has 1 amide bonds. The number of hydrogen-bond donors (Lipinski definition) is 2. The summed E-state index contributed by atoms with van der Waals surface area (Å²) in [6.07, 6.45) is 1.58. The van der Waals surface area contributed by atoms with Gasteiger partial charge < -0.3 is 10.6 Å². The van der Waals surface area contributed by atoms with Crippen LogP contribution in [-0.4, -0.2) is 34.0 Å². The molecule has 1 aliphatic heterocycles. The molecule has 0 bridgehead atoms. The summed E-state index contributed by atoms with van der Waals surface area (Å²) < 4.78 is 15.2. The van der Waals surface area contributed by atoms with Crippen molar-refractivity contribution in [1.82, 2.24) is 20.3 Å². The van der Waals surface area contributed by atoms with Crippen molar-refractivity contribution in [3.63, 3.8) is 0 Å². The highest BCUT2D eigenvalue weighted by Gasteiger charge is 2.22. The fourth-order valence-electron chi connectivity index (χ4n) is 1.94. The first-order valence-electron chi connectivity index (χ1n) is 6.33. The smallest absolute Gasteiger partial charge is 0.277 e. The molecule has 20 heavy (non-hydrogen) atoms. The third-order valence-electron chi connectivity index (χ3n) is 3.25. The Labute approximate surface area is 115 Å². The molecule has 0 atom stereocenters. The highest BCUT2D eigenvalue weighted by Crippen LogP contribution is 2.17. The Bertz CT molecular complexity index is 650. The lowest BCUT2D eigenvalue weighted by molar-refractivity contribution is 0.102. The van der Waals surface area contributed by atoms with Crippen molar-refractivity contribution in [3.05, 3.63) is 41.5 Å². The number of rotatable bonds is 3. The highest BCUT2D eigenvalue weighted by atomic mass is 19.1. The van der Waals surface area contributed by atoms with E-state index in [4.69, 9.17) is 0 Å². The fourth-order valence-corrected chi connectivity index (χ4v) is 1.94. The van der Waals surface area contributed by atoms with E-state index in [1.807, 2.05) is 6.92 Å². The van der Waals surface area contributed by atoms with Crippen LogP contribution in [0, 0.1) is 12.7 Å². The zero-order valence-electron chi connectivity index (χ0n) is 10.9. The summed E-state index contributed by atoms with van der Waals surface area (Å²) in [6, 6.07) is 4.78. The summed E-state index contributed by atoms with van der Waals surface area (Å²) in [7, 11) is 0. The lowest BCUT2D eigenvalue weighted by Crippen LogP contribution is -2.43. The number of benzene rings is 1. The predicted octanol–water partition coefficient (Wildman–Crippen LogP) is 1.12. The topological polar surface area (TPSA) is 71.8 Å². The van der Waals surface area contributed by atoms with Gasteiger partial charge in [0.2, 0.25) is 0 Å². The van der Waals surface area contributed by atoms with Crippen LogP contribution >= 0.6 is 0 Å². The molecule has 6 nitrogen and oxygen atoms in total. The number of halogens is 1. The largest absolute Gasteiger partial charge is 0.318 e. The van der Waals surface area contributed by atoms with E-state index in [2.05, 4.69) is 20.9 Å². The standard InChI is InChI=1S/C13H14FN5O/c1-8-2-3-10(14)11(4-8)16-13(20)12-7-19(18-17-12)9-5-15-6-9/h2-4,7,9,15H,5-6H2,1H3,(H,16,20). The number of anilines is 1. The summed E-state index contributed by atoms with van der Waals surface area (Å²) in [4.78, 5) is 12.0. The van der Waals surface area contributed by atoms with Crippen LogP contribution in [0.4, 0.5) is 10.1 Å². The molecular weight excluding hydrogens is 261 g/mol. The van der Waals surface area contributed by atoms with Crippen molar-refractivity contribution in [2.75, 3.05) is 18.4 Å². The van der Waals surface area contributed by atoms with E-state index < -0.39 is 11.7 Å². The van der Waals surface area contributed by atoms with Crippen molar-refractivity contribution >= 4 is 11.6 Å². The lowest BCUT2D eigenvalue weighted by Gasteiger charge is -2.26. The van der Waals surface area contributed by atoms with Gasteiger partial charge in [0, 0.05) is 13.1 Å². The predicted molar refractivity (Wildman–Crippen MR) is 71.0 cm³/mol. The highest BCUT2D eigenvalue weighted by molar-refractivity contribution is 6.02. The Morgan fingerprint density at radius 2 is 2.30 bits per heavy atom. The first-order chi connectivity index (χ1) is 9.63. The molecule has 1 fully saturated rings. The molecule has 0 saturated carbocycles. The fraction of sp³-hybridized carbons (Fsp3) is 0.308. The van der Waals surface area contributed by atoms with Gasteiger partial charge in [-0.1, -0.05) is 11.3 Å². The number of carbonyl (C=O) groups excluding carboxylic acids is 1. The minimum atomic E-state index is -0.473. The van der Waals surface area contributed by atoms with Gasteiger partial charge in [0.15, 0.2) is 5.69 Å². The molecule has 104 valence electrons. The van der Waals surface area contributed by atoms with Crippen LogP contribution in [0.1, 0.15) is 22.1 Å². The second-order valence-corrected chi connectivity index (χ2v) is 4.83. The minimum Gasteiger partial charge on any atom is -0.318 e. The lowest BCUT2D eigenvalue weighted by atomic mass is 10.2. The molecule has 2 N–H and O–H groups in total. The van der Waals surface area contributed by atoms with E-state index >= 15 is 0 Å². The normalized spacial score (nSPS) is 14.9. The molecule has 0 spiro atoms. The molecular formula is C13H14FN5O. The van der Waals surface area contributed by atoms with Gasteiger partial charge in [-0.2, -0.15) is 0 Å². The molecule has 1 aliphatic rings. The molecule has 2 aromatic rings. The maximum absolute atomic E-state index is 13.6. The van der Waals surface area contributed by atoms with Crippen LogP contribution < -0.4 is 10.6 Å². The Balaban J connectivity index is 1.75. The van der Waals surface area contributed by atoms with Gasteiger partial charge >= 0.3 is 0 Å². The van der Waals surface area contributed by atoms with E-state index in [1.54, 1.807) is 23.0 Å². The number of amides is 1. The number of carbonyl (C=O) groups is 1. The quantitative estimate of drug-likeness (QED) is 0.880. The van der Waals surface area contributed by atoms with E-state index in [-0.39, 0.29) is 17.4 Å². The molecule has 0 unspecified atom stereocenters. The summed E-state index contributed by atoms with van der Waals surface area (Å²) in [5.41, 5.74) is 1.19.